The van der Waals surface area contributed by atoms with Gasteiger partial charge in [0.05, 0.1) is 26.0 Å². The summed E-state index contributed by atoms with van der Waals surface area (Å²) in [6, 6.07) is 3.75. The molecule has 0 fully saturated rings. The molecule has 0 radical (unpaired) electrons. The Bertz CT molecular complexity index is 307. The van der Waals surface area contributed by atoms with Crippen LogP contribution in [0, 0.1) is 22.7 Å². The van der Waals surface area contributed by atoms with E-state index in [2.05, 4.69) is 0 Å². The zero-order valence-corrected chi connectivity index (χ0v) is 9.00. The van der Waals surface area contributed by atoms with Gasteiger partial charge < -0.3 is 9.80 Å². The van der Waals surface area contributed by atoms with Crippen molar-refractivity contribution in [3.8, 4) is 12.1 Å². The molecule has 0 amide bonds. The van der Waals surface area contributed by atoms with Crippen molar-refractivity contribution in [3.63, 3.8) is 0 Å². The van der Waals surface area contributed by atoms with Crippen molar-refractivity contribution in [3.05, 3.63) is 23.5 Å². The molecule has 74 valence electrons. The van der Waals surface area contributed by atoms with Crippen LogP contribution in [0.3, 0.4) is 0 Å². The van der Waals surface area contributed by atoms with Crippen molar-refractivity contribution in [2.24, 2.45) is 0 Å². The molecule has 0 aromatic heterocycles. The second kappa shape index (κ2) is 5.80. The average molecular weight is 191 g/mol. The summed E-state index contributed by atoms with van der Waals surface area (Å²) in [5, 5.41) is 17.4. The molecule has 0 aliphatic carbocycles. The third-order valence-electron chi connectivity index (χ3n) is 1.54. The number of hydrogen-bond acceptors (Lipinski definition) is 3. The summed E-state index contributed by atoms with van der Waals surface area (Å²) in [7, 11) is 7.53. The molecule has 0 bridgehead atoms. The molecule has 0 aromatic carbocycles. The van der Waals surface area contributed by atoms with Crippen LogP contribution in [0.4, 0.5) is 0 Å². The van der Waals surface area contributed by atoms with Crippen molar-refractivity contribution in [2.45, 2.75) is 0 Å². The molecule has 0 aromatic rings. The minimum absolute atomic E-state index is 0.132. The van der Waals surface area contributed by atoms with E-state index < -0.39 is 0 Å². The van der Waals surface area contributed by atoms with Crippen molar-refractivity contribution >= 4 is 0 Å². The smallest absolute Gasteiger partial charge is 0.153 e. The summed E-state index contributed by atoms with van der Waals surface area (Å²) >= 11 is 0. The number of allylic oxidation sites excluding steroid dienone is 2. The Morgan fingerprint density at radius 2 is 1.71 bits per heavy atom. The highest BCUT2D eigenvalue weighted by Gasteiger charge is 2.05. The van der Waals surface area contributed by atoms with Crippen LogP contribution in [0.25, 0.3) is 0 Å². The lowest BCUT2D eigenvalue weighted by molar-refractivity contribution is -0.801. The van der Waals surface area contributed by atoms with Gasteiger partial charge in [-0.05, 0) is 0 Å². The largest absolute Gasteiger partial charge is 0.376 e. The second-order valence-electron chi connectivity index (χ2n) is 3.29. The first-order chi connectivity index (χ1) is 6.52. The number of nitrogens with zero attached hydrogens (tertiary/aromatic N) is 3. The fourth-order valence-corrected chi connectivity index (χ4v) is 0.841. The summed E-state index contributed by atoms with van der Waals surface area (Å²) in [6.45, 7) is 0. The van der Waals surface area contributed by atoms with Gasteiger partial charge in [-0.2, -0.15) is 10.5 Å². The average Bonchev–Trinajstić information content (AvgIpc) is 2.11. The minimum Gasteiger partial charge on any atom is -0.376 e. The summed E-state index contributed by atoms with van der Waals surface area (Å²) in [5.74, 6) is 0. The van der Waals surface area contributed by atoms with E-state index in [4.69, 9.17) is 10.5 Å². The van der Waals surface area contributed by atoms with Gasteiger partial charge in [-0.25, -0.2) is 0 Å². The highest BCUT2D eigenvalue weighted by molar-refractivity contribution is 5.43. The van der Waals surface area contributed by atoms with E-state index in [1.54, 1.807) is 25.1 Å². The maximum Gasteiger partial charge on any atom is 0.153 e. The Morgan fingerprint density at radius 1 is 1.21 bits per heavy atom. The lowest BCUT2D eigenvalue weighted by atomic mass is 10.2. The van der Waals surface area contributed by atoms with Gasteiger partial charge in [-0.15, -0.1) is 0 Å². The molecule has 0 rings (SSSR count). The van der Waals surface area contributed by atoms with Crippen molar-refractivity contribution in [2.75, 3.05) is 28.2 Å². The Labute approximate surface area is 84.9 Å². The van der Waals surface area contributed by atoms with Crippen LogP contribution < -0.4 is 4.90 Å². The van der Waals surface area contributed by atoms with Crippen molar-refractivity contribution in [1.82, 2.24) is 4.90 Å². The van der Waals surface area contributed by atoms with E-state index in [0.717, 1.165) is 4.90 Å². The summed E-state index contributed by atoms with van der Waals surface area (Å²) < 4.78 is 0. The molecule has 0 aliphatic rings. The third kappa shape index (κ3) is 3.75. The summed E-state index contributed by atoms with van der Waals surface area (Å²) in [5.41, 5.74) is 0.767. The van der Waals surface area contributed by atoms with Gasteiger partial charge in [0, 0.05) is 20.2 Å². The third-order valence-corrected chi connectivity index (χ3v) is 1.54. The minimum atomic E-state index is 0.132. The fourth-order valence-electron chi connectivity index (χ4n) is 0.841. The molecule has 0 saturated heterocycles. The van der Waals surface area contributed by atoms with Crippen LogP contribution in [-0.4, -0.2) is 33.1 Å². The van der Waals surface area contributed by atoms with Crippen LogP contribution in [0.1, 0.15) is 0 Å². The predicted octanol–water partition coefficient (Wildman–Crippen LogP) is -0.493. The molecular weight excluding hydrogens is 176 g/mol. The van der Waals surface area contributed by atoms with Crippen molar-refractivity contribution < 1.29 is 4.90 Å². The van der Waals surface area contributed by atoms with E-state index in [9.17, 15) is 0 Å². The molecule has 4 nitrogen and oxygen atoms in total. The standard InChI is InChI=1S/C10H14N4/c1-13(2)6-5-10(14(3)4)9(7-11)8-12/h5-6H,1-4H3/p+1/b6-5+. The maximum absolute atomic E-state index is 8.71. The number of quaternary nitrogens is 1. The Morgan fingerprint density at radius 3 is 2.00 bits per heavy atom. The fraction of sp³-hybridized carbons (Fsp3) is 0.400. The molecule has 14 heavy (non-hydrogen) atoms. The number of hydrogen-bond donors (Lipinski definition) is 1. The van der Waals surface area contributed by atoms with Gasteiger partial charge in [0.2, 0.25) is 0 Å². The first-order valence-electron chi connectivity index (χ1n) is 4.23. The molecule has 0 aliphatic heterocycles. The van der Waals surface area contributed by atoms with E-state index in [0.29, 0.717) is 5.70 Å². The van der Waals surface area contributed by atoms with Gasteiger partial charge in [0.25, 0.3) is 0 Å². The molecule has 4 heteroatoms. The van der Waals surface area contributed by atoms with E-state index in [-0.39, 0.29) is 5.57 Å². The highest BCUT2D eigenvalue weighted by Crippen LogP contribution is 2.06. The Kier molecular flexibility index (Phi) is 5.06. The summed E-state index contributed by atoms with van der Waals surface area (Å²) in [6.07, 6.45) is 3.65. The monoisotopic (exact) mass is 191 g/mol. The van der Waals surface area contributed by atoms with Crippen molar-refractivity contribution in [1.29, 1.82) is 10.5 Å². The lowest BCUT2D eigenvalue weighted by Crippen LogP contribution is -3.00. The summed E-state index contributed by atoms with van der Waals surface area (Å²) in [4.78, 5) is 2.88. The lowest BCUT2D eigenvalue weighted by Gasteiger charge is -2.13. The van der Waals surface area contributed by atoms with Gasteiger partial charge in [-0.3, -0.25) is 0 Å². The number of nitriles is 2. The van der Waals surface area contributed by atoms with Crippen LogP contribution in [0.15, 0.2) is 23.5 Å². The normalized spacial score (nSPS) is 9.64. The van der Waals surface area contributed by atoms with Crippen LogP contribution in [-0.2, 0) is 0 Å². The van der Waals surface area contributed by atoms with Crippen LogP contribution in [0.2, 0.25) is 0 Å². The van der Waals surface area contributed by atoms with Gasteiger partial charge in [0.1, 0.15) is 12.1 Å². The maximum atomic E-state index is 8.71. The number of nitrogens with one attached hydrogen (secondary N) is 1. The number of likely N-dealkylation sites (N-methyl/N-ethyl adjacent to an activating group) is 1. The SMILES string of the molecule is CN(C)C(/C=C/[NH+](C)C)=C(C#N)C#N. The van der Waals surface area contributed by atoms with E-state index in [1.165, 1.54) is 0 Å². The van der Waals surface area contributed by atoms with Crippen LogP contribution in [0.5, 0.6) is 0 Å². The quantitative estimate of drug-likeness (QED) is 0.483. The molecule has 1 N–H and O–H groups in total. The van der Waals surface area contributed by atoms with Gasteiger partial charge in [0.15, 0.2) is 5.57 Å². The Balaban J connectivity index is 5.09. The highest BCUT2D eigenvalue weighted by atomic mass is 15.1. The van der Waals surface area contributed by atoms with Crippen LogP contribution >= 0.6 is 0 Å². The van der Waals surface area contributed by atoms with E-state index >= 15 is 0 Å². The zero-order valence-electron chi connectivity index (χ0n) is 9.00. The number of rotatable bonds is 3. The Hall–Kier alpha value is -1.78. The molecule has 0 saturated carbocycles. The first kappa shape index (κ1) is 12.2. The van der Waals surface area contributed by atoms with E-state index in [1.807, 2.05) is 32.4 Å². The van der Waals surface area contributed by atoms with Gasteiger partial charge in [-0.1, -0.05) is 0 Å². The first-order valence-corrected chi connectivity index (χ1v) is 4.23. The zero-order chi connectivity index (χ0) is 11.1. The van der Waals surface area contributed by atoms with Gasteiger partial charge >= 0.3 is 0 Å². The molecule has 0 heterocycles. The second-order valence-corrected chi connectivity index (χ2v) is 3.29. The predicted molar refractivity (Wildman–Crippen MR) is 53.9 cm³/mol. The molecule has 0 unspecified atom stereocenters. The molecular formula is C10H15N4+. The topological polar surface area (TPSA) is 55.3 Å². The molecule has 0 spiro atoms. The molecule has 0 atom stereocenters.